The molecule has 0 aliphatic heterocycles. The molecule has 0 amide bonds. The van der Waals surface area contributed by atoms with E-state index in [1.807, 2.05) is 0 Å². The third-order valence-electron chi connectivity index (χ3n) is 2.97. The lowest BCUT2D eigenvalue weighted by molar-refractivity contribution is -0.901. The van der Waals surface area contributed by atoms with Gasteiger partial charge in [-0.25, -0.2) is 4.79 Å². The normalized spacial score (nSPS) is 15.5. The number of nitrogens with zero attached hydrogens (tertiary/aromatic N) is 1. The molecule has 0 saturated carbocycles. The van der Waals surface area contributed by atoms with Gasteiger partial charge in [0.25, 0.3) is 0 Å². The Morgan fingerprint density at radius 2 is 1.89 bits per heavy atom. The van der Waals surface area contributed by atoms with Crippen LogP contribution in [0.25, 0.3) is 0 Å². The predicted octanol–water partition coefficient (Wildman–Crippen LogP) is 1.11. The van der Waals surface area contributed by atoms with Gasteiger partial charge in [-0.1, -0.05) is 13.0 Å². The summed E-state index contributed by atoms with van der Waals surface area (Å²) in [5.74, 6) is -0.984. The quantitative estimate of drug-likeness (QED) is 0.414. The summed E-state index contributed by atoms with van der Waals surface area (Å²) >= 11 is 0. The maximum atomic E-state index is 11.2. The van der Waals surface area contributed by atoms with Crippen LogP contribution in [0.4, 0.5) is 0 Å². The van der Waals surface area contributed by atoms with Crippen molar-refractivity contribution in [2.75, 3.05) is 20.6 Å². The molecular weight excluding hydrogens is 258 g/mol. The molecule has 7 heteroatoms. The Hall–Kier alpha value is -0.920. The molecule has 106 valence electrons. The van der Waals surface area contributed by atoms with Crippen LogP contribution in [0.1, 0.15) is 26.7 Å². The summed E-state index contributed by atoms with van der Waals surface area (Å²) in [4.78, 5) is 10.6. The standard InChI is InChI=1S/C11H21NO5S/c1-5-10(18(15,16)17)12(3,4)8-6-7-9(2)11(13)14/h7,10H,5-6,8H2,1-4H3,(H-,13,14,15,16,17)/p+1. The molecule has 0 rings (SSSR count). The highest BCUT2D eigenvalue weighted by atomic mass is 32.2. The first-order valence-corrected chi connectivity index (χ1v) is 7.21. The molecule has 0 aromatic heterocycles. The van der Waals surface area contributed by atoms with Crippen molar-refractivity contribution >= 4 is 16.1 Å². The summed E-state index contributed by atoms with van der Waals surface area (Å²) in [6.45, 7) is 3.61. The third-order valence-corrected chi connectivity index (χ3v) is 4.56. The van der Waals surface area contributed by atoms with Gasteiger partial charge in [-0.05, 0) is 6.92 Å². The monoisotopic (exact) mass is 280 g/mol. The lowest BCUT2D eigenvalue weighted by atomic mass is 10.2. The number of carboxylic acids is 1. The Morgan fingerprint density at radius 3 is 2.22 bits per heavy atom. The van der Waals surface area contributed by atoms with Crippen molar-refractivity contribution in [3.05, 3.63) is 11.6 Å². The van der Waals surface area contributed by atoms with Gasteiger partial charge in [-0.2, -0.15) is 8.42 Å². The Kier molecular flexibility index (Phi) is 5.98. The number of hydrogen-bond donors (Lipinski definition) is 2. The highest BCUT2D eigenvalue weighted by molar-refractivity contribution is 7.86. The van der Waals surface area contributed by atoms with Crippen molar-refractivity contribution in [1.29, 1.82) is 0 Å². The largest absolute Gasteiger partial charge is 0.478 e. The van der Waals surface area contributed by atoms with E-state index < -0.39 is 21.5 Å². The smallest absolute Gasteiger partial charge is 0.330 e. The maximum absolute atomic E-state index is 11.2. The Morgan fingerprint density at radius 1 is 1.39 bits per heavy atom. The zero-order valence-corrected chi connectivity index (χ0v) is 12.1. The van der Waals surface area contributed by atoms with Crippen LogP contribution in [0.5, 0.6) is 0 Å². The van der Waals surface area contributed by atoms with Crippen molar-refractivity contribution in [2.45, 2.75) is 32.1 Å². The number of quaternary nitrogens is 1. The van der Waals surface area contributed by atoms with Crippen LogP contribution < -0.4 is 0 Å². The highest BCUT2D eigenvalue weighted by Gasteiger charge is 2.36. The predicted molar refractivity (Wildman–Crippen MR) is 68.6 cm³/mol. The van der Waals surface area contributed by atoms with E-state index in [9.17, 15) is 13.2 Å². The average molecular weight is 280 g/mol. The summed E-state index contributed by atoms with van der Waals surface area (Å²) < 4.78 is 31.7. The lowest BCUT2D eigenvalue weighted by Crippen LogP contribution is -2.52. The number of aliphatic carboxylic acids is 1. The van der Waals surface area contributed by atoms with Gasteiger partial charge in [0.1, 0.15) is 0 Å². The molecule has 18 heavy (non-hydrogen) atoms. The second-order valence-electron chi connectivity index (χ2n) is 4.86. The number of rotatable bonds is 7. The Labute approximate surface area is 108 Å². The molecule has 0 aromatic carbocycles. The first-order valence-electron chi connectivity index (χ1n) is 5.71. The van der Waals surface area contributed by atoms with E-state index in [0.29, 0.717) is 19.4 Å². The van der Waals surface area contributed by atoms with Crippen LogP contribution in [0.2, 0.25) is 0 Å². The van der Waals surface area contributed by atoms with Crippen LogP contribution in [0.3, 0.4) is 0 Å². The molecule has 0 spiro atoms. The number of hydrogen-bond acceptors (Lipinski definition) is 3. The van der Waals surface area contributed by atoms with E-state index >= 15 is 0 Å². The number of carboxylic acid groups (broad SMARTS) is 1. The molecule has 6 nitrogen and oxygen atoms in total. The molecule has 1 unspecified atom stereocenters. The minimum absolute atomic E-state index is 0.0960. The minimum Gasteiger partial charge on any atom is -0.478 e. The second kappa shape index (κ2) is 6.31. The van der Waals surface area contributed by atoms with Crippen molar-refractivity contribution < 1.29 is 27.4 Å². The molecule has 0 heterocycles. The molecule has 0 radical (unpaired) electrons. The molecule has 0 bridgehead atoms. The summed E-state index contributed by atoms with van der Waals surface area (Å²) in [6, 6.07) is 0. The molecule has 0 fully saturated rings. The summed E-state index contributed by atoms with van der Waals surface area (Å²) in [5, 5.41) is 7.79. The highest BCUT2D eigenvalue weighted by Crippen LogP contribution is 2.17. The van der Waals surface area contributed by atoms with Gasteiger partial charge < -0.3 is 9.59 Å². The van der Waals surface area contributed by atoms with Gasteiger partial charge in [-0.15, -0.1) is 0 Å². The zero-order valence-electron chi connectivity index (χ0n) is 11.3. The van der Waals surface area contributed by atoms with Gasteiger partial charge in [0.2, 0.25) is 5.37 Å². The SMILES string of the molecule is CCC([N+](C)(C)CCC=C(C)C(=O)O)S(=O)(=O)O. The molecule has 0 aliphatic rings. The Balaban J connectivity index is 4.76. The summed E-state index contributed by atoms with van der Waals surface area (Å²) in [5.41, 5.74) is 0.231. The van der Waals surface area contributed by atoms with Crippen molar-refractivity contribution in [2.24, 2.45) is 0 Å². The van der Waals surface area contributed by atoms with Gasteiger partial charge in [-0.3, -0.25) is 4.55 Å². The maximum Gasteiger partial charge on any atom is 0.330 e. The first kappa shape index (κ1) is 17.1. The summed E-state index contributed by atoms with van der Waals surface area (Å²) in [6.07, 6.45) is 2.30. The zero-order chi connectivity index (χ0) is 14.6. The Bertz CT molecular complexity index is 425. The average Bonchev–Trinajstić information content (AvgIpc) is 2.14. The fourth-order valence-electron chi connectivity index (χ4n) is 1.91. The molecular formula is C11H22NO5S+. The topological polar surface area (TPSA) is 91.7 Å². The molecule has 0 saturated heterocycles. The van der Waals surface area contributed by atoms with Crippen molar-refractivity contribution in [1.82, 2.24) is 0 Å². The van der Waals surface area contributed by atoms with Crippen LogP contribution >= 0.6 is 0 Å². The minimum atomic E-state index is -4.10. The van der Waals surface area contributed by atoms with E-state index in [4.69, 9.17) is 9.66 Å². The van der Waals surface area contributed by atoms with E-state index in [1.165, 1.54) is 6.92 Å². The van der Waals surface area contributed by atoms with Gasteiger partial charge in [0.15, 0.2) is 0 Å². The fourth-order valence-corrected chi connectivity index (χ4v) is 3.16. The van der Waals surface area contributed by atoms with E-state index in [0.717, 1.165) is 0 Å². The fraction of sp³-hybridized carbons (Fsp3) is 0.727. The molecule has 2 N–H and O–H groups in total. The lowest BCUT2D eigenvalue weighted by Gasteiger charge is -2.35. The molecule has 1 atom stereocenters. The molecule has 0 aromatic rings. The van der Waals surface area contributed by atoms with Crippen LogP contribution in [-0.4, -0.2) is 54.5 Å². The summed E-state index contributed by atoms with van der Waals surface area (Å²) in [7, 11) is -0.704. The third kappa shape index (κ3) is 5.16. The first-order chi connectivity index (χ1) is 8.02. The van der Waals surface area contributed by atoms with Crippen LogP contribution in [0.15, 0.2) is 11.6 Å². The van der Waals surface area contributed by atoms with Crippen molar-refractivity contribution in [3.8, 4) is 0 Å². The van der Waals surface area contributed by atoms with Crippen LogP contribution in [0, 0.1) is 0 Å². The van der Waals surface area contributed by atoms with E-state index in [2.05, 4.69) is 0 Å². The number of carbonyl (C=O) groups is 1. The van der Waals surface area contributed by atoms with Crippen molar-refractivity contribution in [3.63, 3.8) is 0 Å². The van der Waals surface area contributed by atoms with Gasteiger partial charge in [0, 0.05) is 18.4 Å². The molecule has 0 aliphatic carbocycles. The van der Waals surface area contributed by atoms with E-state index in [1.54, 1.807) is 27.1 Å². The second-order valence-corrected chi connectivity index (χ2v) is 6.44. The van der Waals surface area contributed by atoms with E-state index in [-0.39, 0.29) is 10.1 Å². The van der Waals surface area contributed by atoms with Crippen LogP contribution in [-0.2, 0) is 14.9 Å². The van der Waals surface area contributed by atoms with Gasteiger partial charge >= 0.3 is 16.1 Å². The van der Waals surface area contributed by atoms with Gasteiger partial charge in [0.05, 0.1) is 20.6 Å².